The van der Waals surface area contributed by atoms with E-state index in [2.05, 4.69) is 4.72 Å². The summed E-state index contributed by atoms with van der Waals surface area (Å²) in [5, 5.41) is 0.415. The Morgan fingerprint density at radius 1 is 1.40 bits per heavy atom. The molecule has 1 aromatic rings. The first-order valence-electron chi connectivity index (χ1n) is 6.36. The molecule has 0 amide bonds. The van der Waals surface area contributed by atoms with Crippen molar-refractivity contribution in [3.8, 4) is 5.75 Å². The van der Waals surface area contributed by atoms with Gasteiger partial charge in [-0.2, -0.15) is 0 Å². The maximum absolute atomic E-state index is 12.4. The summed E-state index contributed by atoms with van der Waals surface area (Å²) in [5.41, 5.74) is 5.62. The van der Waals surface area contributed by atoms with E-state index in [-0.39, 0.29) is 23.2 Å². The molecule has 0 bridgehead atoms. The van der Waals surface area contributed by atoms with Gasteiger partial charge in [0.2, 0.25) is 10.0 Å². The summed E-state index contributed by atoms with van der Waals surface area (Å²) in [6, 6.07) is 4.10. The number of benzene rings is 1. The van der Waals surface area contributed by atoms with Gasteiger partial charge >= 0.3 is 0 Å². The van der Waals surface area contributed by atoms with Crippen molar-refractivity contribution in [2.75, 3.05) is 13.7 Å². The molecule has 114 valence electrons. The van der Waals surface area contributed by atoms with Crippen molar-refractivity contribution in [2.24, 2.45) is 11.7 Å². The minimum absolute atomic E-state index is 0.0617. The molecule has 5 nitrogen and oxygen atoms in total. The van der Waals surface area contributed by atoms with E-state index in [1.807, 2.05) is 13.8 Å². The van der Waals surface area contributed by atoms with Gasteiger partial charge in [0.15, 0.2) is 0 Å². The number of hydrogen-bond acceptors (Lipinski definition) is 4. The lowest BCUT2D eigenvalue weighted by atomic mass is 10.1. The molecular weight excluding hydrogens is 300 g/mol. The molecule has 20 heavy (non-hydrogen) atoms. The van der Waals surface area contributed by atoms with Crippen LogP contribution in [0.15, 0.2) is 23.1 Å². The molecule has 0 aromatic heterocycles. The monoisotopic (exact) mass is 320 g/mol. The van der Waals surface area contributed by atoms with Crippen LogP contribution in [0, 0.1) is 5.92 Å². The molecule has 0 aliphatic carbocycles. The van der Waals surface area contributed by atoms with Gasteiger partial charge in [-0.25, -0.2) is 13.1 Å². The predicted octanol–water partition coefficient (Wildman–Crippen LogP) is 2.00. The Hall–Kier alpha value is -0.820. The minimum Gasteiger partial charge on any atom is -0.495 e. The number of hydrogen-bond donors (Lipinski definition) is 2. The quantitative estimate of drug-likeness (QED) is 0.805. The lowest BCUT2D eigenvalue weighted by Crippen LogP contribution is -2.41. The molecule has 0 aliphatic rings. The molecule has 0 saturated carbocycles. The van der Waals surface area contributed by atoms with Crippen LogP contribution in [0.4, 0.5) is 0 Å². The molecule has 0 aliphatic heterocycles. The third kappa shape index (κ3) is 4.63. The van der Waals surface area contributed by atoms with Crippen molar-refractivity contribution >= 4 is 21.6 Å². The van der Waals surface area contributed by atoms with Crippen molar-refractivity contribution in [3.63, 3.8) is 0 Å². The number of rotatable bonds is 7. The Balaban J connectivity index is 3.04. The van der Waals surface area contributed by atoms with Crippen LogP contribution < -0.4 is 15.2 Å². The van der Waals surface area contributed by atoms with Crippen LogP contribution in [0.3, 0.4) is 0 Å². The molecule has 3 N–H and O–H groups in total. The average Bonchev–Trinajstić information content (AvgIpc) is 2.36. The Bertz CT molecular complexity index is 547. The number of nitrogens with two attached hydrogens (primary N) is 1. The molecule has 0 fully saturated rings. The highest BCUT2D eigenvalue weighted by molar-refractivity contribution is 7.89. The predicted molar refractivity (Wildman–Crippen MR) is 80.6 cm³/mol. The van der Waals surface area contributed by atoms with Crippen molar-refractivity contribution in [2.45, 2.75) is 31.2 Å². The van der Waals surface area contributed by atoms with Crippen LogP contribution in [0.1, 0.15) is 20.3 Å². The Labute approximate surface area is 125 Å². The van der Waals surface area contributed by atoms with Gasteiger partial charge in [0, 0.05) is 23.7 Å². The first-order valence-corrected chi connectivity index (χ1v) is 8.22. The van der Waals surface area contributed by atoms with E-state index in [9.17, 15) is 8.42 Å². The SMILES string of the molecule is COc1cc(Cl)ccc1S(=O)(=O)NC(CN)CC(C)C. The maximum atomic E-state index is 12.4. The van der Waals surface area contributed by atoms with Crippen molar-refractivity contribution in [1.82, 2.24) is 4.72 Å². The van der Waals surface area contributed by atoms with E-state index in [0.717, 1.165) is 0 Å². The number of sulfonamides is 1. The second-order valence-electron chi connectivity index (χ2n) is 4.98. The minimum atomic E-state index is -3.69. The Morgan fingerprint density at radius 3 is 2.55 bits per heavy atom. The number of halogens is 1. The largest absolute Gasteiger partial charge is 0.495 e. The average molecular weight is 321 g/mol. The fourth-order valence-corrected chi connectivity index (χ4v) is 3.48. The smallest absolute Gasteiger partial charge is 0.244 e. The van der Waals surface area contributed by atoms with Gasteiger partial charge in [-0.05, 0) is 24.5 Å². The van der Waals surface area contributed by atoms with E-state index >= 15 is 0 Å². The van der Waals surface area contributed by atoms with Crippen LogP contribution in [-0.4, -0.2) is 28.1 Å². The van der Waals surface area contributed by atoms with Crippen molar-refractivity contribution in [3.05, 3.63) is 23.2 Å². The zero-order valence-corrected chi connectivity index (χ0v) is 13.5. The number of nitrogens with one attached hydrogen (secondary N) is 1. The van der Waals surface area contributed by atoms with Crippen molar-refractivity contribution < 1.29 is 13.2 Å². The highest BCUT2D eigenvalue weighted by atomic mass is 35.5. The lowest BCUT2D eigenvalue weighted by Gasteiger charge is -2.19. The molecule has 0 radical (unpaired) electrons. The van der Waals surface area contributed by atoms with E-state index < -0.39 is 10.0 Å². The summed E-state index contributed by atoms with van der Waals surface area (Å²) >= 11 is 5.83. The second-order valence-corrected chi connectivity index (χ2v) is 7.10. The second kappa shape index (κ2) is 7.26. The van der Waals surface area contributed by atoms with Gasteiger partial charge in [-0.15, -0.1) is 0 Å². The van der Waals surface area contributed by atoms with Crippen LogP contribution >= 0.6 is 11.6 Å². The van der Waals surface area contributed by atoms with Crippen molar-refractivity contribution in [1.29, 1.82) is 0 Å². The zero-order chi connectivity index (χ0) is 15.3. The zero-order valence-electron chi connectivity index (χ0n) is 11.9. The fraction of sp³-hybridized carbons (Fsp3) is 0.538. The van der Waals surface area contributed by atoms with Gasteiger partial charge in [-0.3, -0.25) is 0 Å². The van der Waals surface area contributed by atoms with Gasteiger partial charge in [0.05, 0.1) is 7.11 Å². The third-order valence-corrected chi connectivity index (χ3v) is 4.57. The Kier molecular flexibility index (Phi) is 6.26. The molecular formula is C13H21ClN2O3S. The molecule has 1 unspecified atom stereocenters. The van der Waals surface area contributed by atoms with E-state index in [1.54, 1.807) is 0 Å². The number of ether oxygens (including phenoxy) is 1. The van der Waals surface area contributed by atoms with Gasteiger partial charge in [0.1, 0.15) is 10.6 Å². The summed E-state index contributed by atoms with van der Waals surface area (Å²) in [5.74, 6) is 0.559. The molecule has 0 heterocycles. The summed E-state index contributed by atoms with van der Waals surface area (Å²) in [7, 11) is -2.29. The highest BCUT2D eigenvalue weighted by Gasteiger charge is 2.23. The third-order valence-electron chi connectivity index (χ3n) is 2.78. The van der Waals surface area contributed by atoms with Gasteiger partial charge in [-0.1, -0.05) is 25.4 Å². The van der Waals surface area contributed by atoms with Gasteiger partial charge in [0.25, 0.3) is 0 Å². The van der Waals surface area contributed by atoms with E-state index in [4.69, 9.17) is 22.1 Å². The van der Waals surface area contributed by atoms with Crippen LogP contribution in [-0.2, 0) is 10.0 Å². The fourth-order valence-electron chi connectivity index (χ4n) is 1.91. The van der Waals surface area contributed by atoms with Crippen LogP contribution in [0.2, 0.25) is 5.02 Å². The lowest BCUT2D eigenvalue weighted by molar-refractivity contribution is 0.401. The Morgan fingerprint density at radius 2 is 2.05 bits per heavy atom. The summed E-state index contributed by atoms with van der Waals surface area (Å²) in [6.45, 7) is 4.27. The van der Waals surface area contributed by atoms with Crippen LogP contribution in [0.5, 0.6) is 5.75 Å². The summed E-state index contributed by atoms with van der Waals surface area (Å²) in [4.78, 5) is 0.0617. The molecule has 1 aromatic carbocycles. The van der Waals surface area contributed by atoms with E-state index in [1.165, 1.54) is 25.3 Å². The first kappa shape index (κ1) is 17.2. The normalized spacial score (nSPS) is 13.5. The maximum Gasteiger partial charge on any atom is 0.244 e. The molecule has 0 spiro atoms. The number of methoxy groups -OCH3 is 1. The molecule has 0 saturated heterocycles. The van der Waals surface area contributed by atoms with Gasteiger partial charge < -0.3 is 10.5 Å². The highest BCUT2D eigenvalue weighted by Crippen LogP contribution is 2.27. The van der Waals surface area contributed by atoms with Crippen LogP contribution in [0.25, 0.3) is 0 Å². The standard InChI is InChI=1S/C13H21ClN2O3S/c1-9(2)6-11(8-15)16-20(17,18)13-5-4-10(14)7-12(13)19-3/h4-5,7,9,11,16H,6,8,15H2,1-3H3. The molecule has 1 rings (SSSR count). The summed E-state index contributed by atoms with van der Waals surface area (Å²) < 4.78 is 32.5. The topological polar surface area (TPSA) is 81.4 Å². The molecule has 1 atom stereocenters. The van der Waals surface area contributed by atoms with E-state index in [0.29, 0.717) is 17.4 Å². The summed E-state index contributed by atoms with van der Waals surface area (Å²) in [6.07, 6.45) is 0.672. The molecule has 7 heteroatoms. The first-order chi connectivity index (χ1) is 9.30.